The molecule has 1 aromatic carbocycles. The zero-order chi connectivity index (χ0) is 14.5. The van der Waals surface area contributed by atoms with Crippen LogP contribution in [-0.2, 0) is 21.2 Å². The molecule has 106 valence electrons. The highest BCUT2D eigenvalue weighted by atomic mass is 32.2. The first-order valence-electron chi connectivity index (χ1n) is 6.05. The largest absolute Gasteiger partial charge is 0.351 e. The first kappa shape index (κ1) is 15.7. The molecule has 1 aromatic rings. The van der Waals surface area contributed by atoms with Gasteiger partial charge in [-0.15, -0.1) is 0 Å². The van der Waals surface area contributed by atoms with Crippen LogP contribution in [0.2, 0.25) is 0 Å². The van der Waals surface area contributed by atoms with Gasteiger partial charge in [0.1, 0.15) is 9.84 Å². The van der Waals surface area contributed by atoms with Crippen molar-refractivity contribution < 1.29 is 13.2 Å². The summed E-state index contributed by atoms with van der Waals surface area (Å²) in [6.45, 7) is 2.36. The van der Waals surface area contributed by atoms with E-state index in [1.165, 1.54) is 0 Å². The van der Waals surface area contributed by atoms with Crippen molar-refractivity contribution in [1.29, 1.82) is 0 Å². The number of benzene rings is 1. The molecule has 0 bridgehead atoms. The normalized spacial score (nSPS) is 13.0. The summed E-state index contributed by atoms with van der Waals surface area (Å²) in [5.74, 6) is -0.404. The Morgan fingerprint density at radius 3 is 2.58 bits per heavy atom. The SMILES string of the molecule is Cc1ccccc1CNC(=O)C(N)CCS(C)(=O)=O. The lowest BCUT2D eigenvalue weighted by Crippen LogP contribution is -2.41. The molecule has 1 rings (SSSR count). The fraction of sp³-hybridized carbons (Fsp3) is 0.462. The van der Waals surface area contributed by atoms with Crippen LogP contribution in [0.1, 0.15) is 17.5 Å². The van der Waals surface area contributed by atoms with E-state index in [1.807, 2.05) is 31.2 Å². The Hall–Kier alpha value is -1.40. The molecule has 0 aromatic heterocycles. The first-order valence-corrected chi connectivity index (χ1v) is 8.11. The summed E-state index contributed by atoms with van der Waals surface area (Å²) in [5, 5.41) is 2.72. The van der Waals surface area contributed by atoms with Gasteiger partial charge in [-0.3, -0.25) is 4.79 Å². The van der Waals surface area contributed by atoms with E-state index < -0.39 is 15.9 Å². The van der Waals surface area contributed by atoms with E-state index in [0.29, 0.717) is 6.54 Å². The van der Waals surface area contributed by atoms with Gasteiger partial charge in [0.2, 0.25) is 5.91 Å². The molecule has 0 aliphatic carbocycles. The number of hydrogen-bond donors (Lipinski definition) is 2. The molecule has 0 radical (unpaired) electrons. The van der Waals surface area contributed by atoms with Crippen LogP contribution in [0, 0.1) is 6.92 Å². The van der Waals surface area contributed by atoms with E-state index in [1.54, 1.807) is 0 Å². The van der Waals surface area contributed by atoms with Gasteiger partial charge in [0.15, 0.2) is 0 Å². The van der Waals surface area contributed by atoms with E-state index in [9.17, 15) is 13.2 Å². The number of amides is 1. The smallest absolute Gasteiger partial charge is 0.237 e. The van der Waals surface area contributed by atoms with E-state index in [-0.39, 0.29) is 18.1 Å². The van der Waals surface area contributed by atoms with Gasteiger partial charge in [-0.25, -0.2) is 8.42 Å². The molecule has 0 spiro atoms. The van der Waals surface area contributed by atoms with Gasteiger partial charge in [0.25, 0.3) is 0 Å². The summed E-state index contributed by atoms with van der Waals surface area (Å²) in [4.78, 5) is 11.7. The number of nitrogens with two attached hydrogens (primary N) is 1. The third-order valence-corrected chi connectivity index (χ3v) is 3.83. The third kappa shape index (κ3) is 5.85. The van der Waals surface area contributed by atoms with Crippen LogP contribution in [0.25, 0.3) is 0 Å². The molecule has 0 aliphatic rings. The maximum atomic E-state index is 11.7. The van der Waals surface area contributed by atoms with Crippen molar-refractivity contribution in [3.05, 3.63) is 35.4 Å². The van der Waals surface area contributed by atoms with Gasteiger partial charge in [0, 0.05) is 12.8 Å². The van der Waals surface area contributed by atoms with Gasteiger partial charge in [-0.1, -0.05) is 24.3 Å². The summed E-state index contributed by atoms with van der Waals surface area (Å²) in [7, 11) is -3.09. The molecule has 19 heavy (non-hydrogen) atoms. The average Bonchev–Trinajstić information content (AvgIpc) is 2.33. The van der Waals surface area contributed by atoms with E-state index in [4.69, 9.17) is 5.73 Å². The lowest BCUT2D eigenvalue weighted by molar-refractivity contribution is -0.122. The molecule has 0 saturated carbocycles. The number of carbonyl (C=O) groups excluding carboxylic acids is 1. The highest BCUT2D eigenvalue weighted by Crippen LogP contribution is 2.06. The second-order valence-corrected chi connectivity index (χ2v) is 6.93. The molecular formula is C13H20N2O3S. The highest BCUT2D eigenvalue weighted by Gasteiger charge is 2.15. The monoisotopic (exact) mass is 284 g/mol. The number of nitrogens with one attached hydrogen (secondary N) is 1. The van der Waals surface area contributed by atoms with Gasteiger partial charge >= 0.3 is 0 Å². The molecule has 5 nitrogen and oxygen atoms in total. The predicted octanol–water partition coefficient (Wildman–Crippen LogP) is 0.373. The zero-order valence-corrected chi connectivity index (χ0v) is 12.0. The predicted molar refractivity (Wildman–Crippen MR) is 75.3 cm³/mol. The molecule has 0 fully saturated rings. The van der Waals surface area contributed by atoms with Gasteiger partial charge in [-0.2, -0.15) is 0 Å². The second-order valence-electron chi connectivity index (χ2n) is 4.67. The van der Waals surface area contributed by atoms with Crippen molar-refractivity contribution in [3.63, 3.8) is 0 Å². The number of rotatable bonds is 6. The molecular weight excluding hydrogens is 264 g/mol. The van der Waals surface area contributed by atoms with Crippen molar-refractivity contribution in [2.24, 2.45) is 5.73 Å². The third-order valence-electron chi connectivity index (χ3n) is 2.85. The van der Waals surface area contributed by atoms with Gasteiger partial charge in [-0.05, 0) is 24.5 Å². The maximum Gasteiger partial charge on any atom is 0.237 e. The summed E-state index contributed by atoms with van der Waals surface area (Å²) >= 11 is 0. The summed E-state index contributed by atoms with van der Waals surface area (Å²) in [6, 6.07) is 6.93. The minimum Gasteiger partial charge on any atom is -0.351 e. The average molecular weight is 284 g/mol. The fourth-order valence-electron chi connectivity index (χ4n) is 1.59. The Bertz CT molecular complexity index is 541. The quantitative estimate of drug-likeness (QED) is 0.790. The van der Waals surface area contributed by atoms with Crippen LogP contribution in [0.15, 0.2) is 24.3 Å². The van der Waals surface area contributed by atoms with E-state index >= 15 is 0 Å². The van der Waals surface area contributed by atoms with Crippen molar-refractivity contribution in [3.8, 4) is 0 Å². The molecule has 0 saturated heterocycles. The summed E-state index contributed by atoms with van der Waals surface area (Å²) < 4.78 is 22.0. The van der Waals surface area contributed by atoms with E-state index in [0.717, 1.165) is 17.4 Å². The van der Waals surface area contributed by atoms with Crippen molar-refractivity contribution in [2.45, 2.75) is 25.9 Å². The first-order chi connectivity index (χ1) is 8.79. The standard InChI is InChI=1S/C13H20N2O3S/c1-10-5-3-4-6-11(10)9-15-13(16)12(14)7-8-19(2,17)18/h3-6,12H,7-9,14H2,1-2H3,(H,15,16). The molecule has 0 aliphatic heterocycles. The van der Waals surface area contributed by atoms with Gasteiger partial charge < -0.3 is 11.1 Å². The van der Waals surface area contributed by atoms with Crippen LogP contribution >= 0.6 is 0 Å². The highest BCUT2D eigenvalue weighted by molar-refractivity contribution is 7.90. The fourth-order valence-corrected chi connectivity index (χ4v) is 2.28. The van der Waals surface area contributed by atoms with Crippen molar-refractivity contribution >= 4 is 15.7 Å². The second kappa shape index (κ2) is 6.68. The Morgan fingerprint density at radius 2 is 2.00 bits per heavy atom. The minimum atomic E-state index is -3.09. The number of sulfone groups is 1. The van der Waals surface area contributed by atoms with Crippen molar-refractivity contribution in [2.75, 3.05) is 12.0 Å². The van der Waals surface area contributed by atoms with Crippen LogP contribution in [-0.4, -0.2) is 32.4 Å². The molecule has 6 heteroatoms. The zero-order valence-electron chi connectivity index (χ0n) is 11.2. The number of aryl methyl sites for hydroxylation is 1. The van der Waals surface area contributed by atoms with Gasteiger partial charge in [0.05, 0.1) is 11.8 Å². The van der Waals surface area contributed by atoms with Crippen LogP contribution in [0.4, 0.5) is 0 Å². The van der Waals surface area contributed by atoms with Crippen LogP contribution in [0.3, 0.4) is 0 Å². The molecule has 1 amide bonds. The lowest BCUT2D eigenvalue weighted by atomic mass is 10.1. The molecule has 1 unspecified atom stereocenters. The number of hydrogen-bond acceptors (Lipinski definition) is 4. The maximum absolute atomic E-state index is 11.7. The Morgan fingerprint density at radius 1 is 1.37 bits per heavy atom. The molecule has 3 N–H and O–H groups in total. The topological polar surface area (TPSA) is 89.3 Å². The lowest BCUT2D eigenvalue weighted by Gasteiger charge is -2.12. The Kier molecular flexibility index (Phi) is 5.50. The molecule has 1 atom stereocenters. The summed E-state index contributed by atoms with van der Waals surface area (Å²) in [6.07, 6.45) is 1.27. The minimum absolute atomic E-state index is 0.0774. The van der Waals surface area contributed by atoms with Crippen LogP contribution in [0.5, 0.6) is 0 Å². The molecule has 0 heterocycles. The Balaban J connectivity index is 2.45. The summed E-state index contributed by atoms with van der Waals surface area (Å²) in [5.41, 5.74) is 7.76. The van der Waals surface area contributed by atoms with Crippen molar-refractivity contribution in [1.82, 2.24) is 5.32 Å². The van der Waals surface area contributed by atoms with E-state index in [2.05, 4.69) is 5.32 Å². The number of carbonyl (C=O) groups is 1. The van der Waals surface area contributed by atoms with Crippen LogP contribution < -0.4 is 11.1 Å². The Labute approximate surface area is 114 Å².